The second-order valence-electron chi connectivity index (χ2n) is 10.5. The fourth-order valence-electron chi connectivity index (χ4n) is 5.26. The first-order valence-electron chi connectivity index (χ1n) is 14.5. The summed E-state index contributed by atoms with van der Waals surface area (Å²) in [6.45, 7) is 0. The van der Waals surface area contributed by atoms with Crippen molar-refractivity contribution in [3.8, 4) is 6.07 Å². The molecule has 2 aromatic heterocycles. The summed E-state index contributed by atoms with van der Waals surface area (Å²) in [6, 6.07) is 25.9. The van der Waals surface area contributed by atoms with Crippen LogP contribution in [0.5, 0.6) is 0 Å². The summed E-state index contributed by atoms with van der Waals surface area (Å²) in [4.78, 5) is 44.6. The van der Waals surface area contributed by atoms with Crippen molar-refractivity contribution in [1.29, 1.82) is 5.26 Å². The van der Waals surface area contributed by atoms with Gasteiger partial charge in [-0.05, 0) is 73.7 Å². The molecule has 1 aliphatic carbocycles. The number of nitrogens with one attached hydrogen (secondary N) is 4. The van der Waals surface area contributed by atoms with Crippen LogP contribution in [0.3, 0.4) is 0 Å². The number of carbonyl (C=O) groups excluding carboxylic acids is 3. The number of benzene rings is 3. The van der Waals surface area contributed by atoms with Gasteiger partial charge in [0.1, 0.15) is 16.8 Å². The molecule has 10 heteroatoms. The zero-order chi connectivity index (χ0) is 31.2. The van der Waals surface area contributed by atoms with Gasteiger partial charge in [0.05, 0.1) is 11.3 Å². The normalized spacial score (nSPS) is 12.6. The highest BCUT2D eigenvalue weighted by Gasteiger charge is 2.22. The molecule has 4 N–H and O–H groups in total. The predicted octanol–water partition coefficient (Wildman–Crippen LogP) is 7.12. The summed E-state index contributed by atoms with van der Waals surface area (Å²) in [7, 11) is 0. The number of H-pyrrole nitrogens is 1. The zero-order valence-electron chi connectivity index (χ0n) is 24.2. The lowest BCUT2D eigenvalue weighted by atomic mass is 9.96. The van der Waals surface area contributed by atoms with Crippen LogP contribution in [0.15, 0.2) is 95.7 Å². The van der Waals surface area contributed by atoms with E-state index >= 15 is 0 Å². The molecular formula is C35H29N5O3S2. The number of aromatic nitrogens is 1. The van der Waals surface area contributed by atoms with Crippen LogP contribution in [-0.4, -0.2) is 28.5 Å². The summed E-state index contributed by atoms with van der Waals surface area (Å²) in [5.74, 6) is -0.950. The number of amides is 3. The number of thiophene rings is 1. The van der Waals surface area contributed by atoms with E-state index in [-0.39, 0.29) is 17.4 Å². The molecule has 3 amide bonds. The molecule has 2 heterocycles. The Hall–Kier alpha value is -5.11. The monoisotopic (exact) mass is 631 g/mol. The first kappa shape index (κ1) is 29.9. The molecule has 0 atom stereocenters. The first-order valence-corrected chi connectivity index (χ1v) is 16.3. The number of thioether (sulfide) groups is 1. The van der Waals surface area contributed by atoms with Crippen LogP contribution >= 0.6 is 23.1 Å². The molecular weight excluding hydrogens is 603 g/mol. The van der Waals surface area contributed by atoms with Crippen molar-refractivity contribution >= 4 is 68.5 Å². The number of aryl methyl sites for hydroxylation is 1. The van der Waals surface area contributed by atoms with Gasteiger partial charge in [-0.1, -0.05) is 42.5 Å². The lowest BCUT2D eigenvalue weighted by Crippen LogP contribution is -2.30. The SMILES string of the molecule is N#Cc1c(NC(=O)CSc2cccc(NC(=O)/C(=C/c3c[nH]c4ccccc34)NC(=O)c3ccccc3)c2)sc2c1CCCC2. The van der Waals surface area contributed by atoms with Crippen LogP contribution in [-0.2, 0) is 22.4 Å². The van der Waals surface area contributed by atoms with E-state index in [1.54, 1.807) is 54.7 Å². The number of hydrogen-bond acceptors (Lipinski definition) is 6. The Balaban J connectivity index is 1.15. The lowest BCUT2D eigenvalue weighted by molar-refractivity contribution is -0.114. The Morgan fingerprint density at radius 3 is 2.60 bits per heavy atom. The molecule has 5 aromatic rings. The predicted molar refractivity (Wildman–Crippen MR) is 180 cm³/mol. The molecule has 6 rings (SSSR count). The lowest BCUT2D eigenvalue weighted by Gasteiger charge is -2.12. The third kappa shape index (κ3) is 7.01. The number of nitriles is 1. The van der Waals surface area contributed by atoms with Crippen molar-refractivity contribution in [3.63, 3.8) is 0 Å². The Labute approximate surface area is 268 Å². The fraction of sp³-hybridized carbons (Fsp3) is 0.143. The summed E-state index contributed by atoms with van der Waals surface area (Å²) < 4.78 is 0. The van der Waals surface area contributed by atoms with Crippen LogP contribution < -0.4 is 16.0 Å². The number of hydrogen-bond donors (Lipinski definition) is 4. The number of para-hydroxylation sites is 1. The molecule has 3 aromatic carbocycles. The van der Waals surface area contributed by atoms with Crippen LogP contribution in [0.2, 0.25) is 0 Å². The molecule has 224 valence electrons. The standard InChI is InChI=1S/C35H29N5O3S2/c36-19-28-27-14-5-7-16-31(27)45-35(28)40-32(41)21-44-25-12-8-11-24(18-25)38-34(43)30(39-33(42)22-9-2-1-3-10-22)17-23-20-37-29-15-6-4-13-26(23)29/h1-4,6,8-13,15,17-18,20,37H,5,7,14,16,21H2,(H,38,43)(H,39,42)(H,40,41)/b30-17-. The molecule has 0 bridgehead atoms. The van der Waals surface area contributed by atoms with Crippen LogP contribution in [0.4, 0.5) is 10.7 Å². The van der Waals surface area contributed by atoms with Gasteiger partial charge in [0.25, 0.3) is 11.8 Å². The van der Waals surface area contributed by atoms with Gasteiger partial charge in [-0.25, -0.2) is 0 Å². The number of nitrogens with zero attached hydrogens (tertiary/aromatic N) is 1. The number of rotatable bonds is 9. The number of aromatic amines is 1. The first-order chi connectivity index (χ1) is 22.0. The topological polar surface area (TPSA) is 127 Å². The van der Waals surface area contributed by atoms with Crippen LogP contribution in [0.1, 0.15) is 44.8 Å². The van der Waals surface area contributed by atoms with Crippen molar-refractivity contribution in [2.75, 3.05) is 16.4 Å². The highest BCUT2D eigenvalue weighted by Crippen LogP contribution is 2.37. The third-order valence-corrected chi connectivity index (χ3v) is 9.65. The molecule has 0 unspecified atom stereocenters. The summed E-state index contributed by atoms with van der Waals surface area (Å²) >= 11 is 2.83. The van der Waals surface area contributed by atoms with Gasteiger partial charge in [-0.3, -0.25) is 14.4 Å². The molecule has 8 nitrogen and oxygen atoms in total. The molecule has 0 aliphatic heterocycles. The van der Waals surface area contributed by atoms with E-state index in [0.29, 0.717) is 21.8 Å². The van der Waals surface area contributed by atoms with E-state index in [1.807, 2.05) is 36.4 Å². The van der Waals surface area contributed by atoms with Crippen molar-refractivity contribution in [2.45, 2.75) is 30.6 Å². The third-order valence-electron chi connectivity index (χ3n) is 7.45. The van der Waals surface area contributed by atoms with E-state index in [2.05, 4.69) is 27.0 Å². The molecule has 0 radical (unpaired) electrons. The van der Waals surface area contributed by atoms with Crippen molar-refractivity contribution in [3.05, 3.63) is 118 Å². The van der Waals surface area contributed by atoms with Crippen LogP contribution in [0.25, 0.3) is 17.0 Å². The van der Waals surface area contributed by atoms with E-state index < -0.39 is 11.8 Å². The van der Waals surface area contributed by atoms with Crippen LogP contribution in [0, 0.1) is 11.3 Å². The van der Waals surface area contributed by atoms with E-state index in [0.717, 1.165) is 52.6 Å². The van der Waals surface area contributed by atoms with Gasteiger partial charge >= 0.3 is 0 Å². The maximum absolute atomic E-state index is 13.6. The number of fused-ring (bicyclic) bond motifs is 2. The quantitative estimate of drug-likeness (QED) is 0.102. The van der Waals surface area contributed by atoms with Gasteiger partial charge < -0.3 is 20.9 Å². The molecule has 1 aliphatic rings. The molecule has 0 saturated heterocycles. The van der Waals surface area contributed by atoms with E-state index in [4.69, 9.17) is 0 Å². The van der Waals surface area contributed by atoms with E-state index in [1.165, 1.54) is 28.0 Å². The van der Waals surface area contributed by atoms with Crippen molar-refractivity contribution in [1.82, 2.24) is 10.3 Å². The van der Waals surface area contributed by atoms with Crippen molar-refractivity contribution in [2.24, 2.45) is 0 Å². The molecule has 0 spiro atoms. The summed E-state index contributed by atoms with van der Waals surface area (Å²) in [5, 5.41) is 19.8. The van der Waals surface area contributed by atoms with Gasteiger partial charge in [-0.15, -0.1) is 23.1 Å². The molecule has 0 fully saturated rings. The van der Waals surface area contributed by atoms with Gasteiger partial charge in [0.15, 0.2) is 0 Å². The van der Waals surface area contributed by atoms with Crippen molar-refractivity contribution < 1.29 is 14.4 Å². The number of anilines is 2. The largest absolute Gasteiger partial charge is 0.361 e. The van der Waals surface area contributed by atoms with Gasteiger partial charge in [0, 0.05) is 43.7 Å². The summed E-state index contributed by atoms with van der Waals surface area (Å²) in [6.07, 6.45) is 7.44. The minimum absolute atomic E-state index is 0.0815. The Morgan fingerprint density at radius 1 is 0.956 bits per heavy atom. The fourth-order valence-corrected chi connectivity index (χ4v) is 7.27. The average molecular weight is 632 g/mol. The Kier molecular flexibility index (Phi) is 9.10. The minimum Gasteiger partial charge on any atom is -0.361 e. The summed E-state index contributed by atoms with van der Waals surface area (Å²) in [5.41, 5.74) is 4.36. The van der Waals surface area contributed by atoms with E-state index in [9.17, 15) is 19.6 Å². The maximum Gasteiger partial charge on any atom is 0.272 e. The molecule has 45 heavy (non-hydrogen) atoms. The van der Waals surface area contributed by atoms with Gasteiger partial charge in [0.2, 0.25) is 5.91 Å². The second kappa shape index (κ2) is 13.7. The minimum atomic E-state index is -0.491. The highest BCUT2D eigenvalue weighted by atomic mass is 32.2. The smallest absolute Gasteiger partial charge is 0.272 e. The maximum atomic E-state index is 13.6. The Morgan fingerprint density at radius 2 is 1.76 bits per heavy atom. The number of carbonyl (C=O) groups is 3. The molecule has 0 saturated carbocycles. The van der Waals surface area contributed by atoms with Gasteiger partial charge in [-0.2, -0.15) is 5.26 Å². The Bertz CT molecular complexity index is 1970. The average Bonchev–Trinajstić information content (AvgIpc) is 3.64. The highest BCUT2D eigenvalue weighted by molar-refractivity contribution is 8.00. The second-order valence-corrected chi connectivity index (χ2v) is 12.7. The zero-order valence-corrected chi connectivity index (χ0v) is 25.8.